The Labute approximate surface area is 181 Å². The molecule has 2 aromatic heterocycles. The number of piperidine rings is 1. The molecule has 8 nitrogen and oxygen atoms in total. The topological polar surface area (TPSA) is 93.6 Å². The summed E-state index contributed by atoms with van der Waals surface area (Å²) in [7, 11) is 0. The molecule has 30 heavy (non-hydrogen) atoms. The third-order valence-corrected chi connectivity index (χ3v) is 7.24. The van der Waals surface area contributed by atoms with E-state index in [1.54, 1.807) is 0 Å². The Bertz CT molecular complexity index is 895. The number of carbonyl (C=O) groups excluding carboxylic acids is 1. The molecule has 1 spiro atoms. The van der Waals surface area contributed by atoms with E-state index in [-0.39, 0.29) is 17.5 Å². The molecule has 1 unspecified atom stereocenters. The Morgan fingerprint density at radius 1 is 1.43 bits per heavy atom. The van der Waals surface area contributed by atoms with Gasteiger partial charge in [0.15, 0.2) is 11.5 Å². The first-order valence-electron chi connectivity index (χ1n) is 10.4. The predicted molar refractivity (Wildman–Crippen MR) is 117 cm³/mol. The largest absolute Gasteiger partial charge is 0.365 e. The van der Waals surface area contributed by atoms with Gasteiger partial charge in [-0.25, -0.2) is 4.98 Å². The molecular formula is C21H30N6O2S. The number of aliphatic hydroxyl groups is 1. The SMILES string of the molecule is CC(=O)Nc1ncc([C@@H](C)N2CCC3(CC2)CN(Cc2ccnc(C)c2)C(O)N3)s1. The first kappa shape index (κ1) is 21.3. The number of nitrogens with zero attached hydrogens (tertiary/aromatic N) is 4. The number of pyridine rings is 1. The highest BCUT2D eigenvalue weighted by Crippen LogP contribution is 2.35. The number of aromatic nitrogens is 2. The Kier molecular flexibility index (Phi) is 6.17. The molecule has 0 aliphatic carbocycles. The number of thiazole rings is 1. The highest BCUT2D eigenvalue weighted by molar-refractivity contribution is 7.15. The van der Waals surface area contributed by atoms with Crippen LogP contribution in [0.5, 0.6) is 0 Å². The fourth-order valence-electron chi connectivity index (χ4n) is 4.48. The molecule has 162 valence electrons. The molecule has 0 saturated carbocycles. The molecule has 2 aromatic rings. The Morgan fingerprint density at radius 3 is 2.90 bits per heavy atom. The second-order valence-corrected chi connectivity index (χ2v) is 9.53. The van der Waals surface area contributed by atoms with Gasteiger partial charge in [-0.2, -0.15) is 0 Å². The monoisotopic (exact) mass is 430 g/mol. The summed E-state index contributed by atoms with van der Waals surface area (Å²) in [4.78, 5) is 25.5. The van der Waals surface area contributed by atoms with Gasteiger partial charge in [-0.05, 0) is 44.4 Å². The average Bonchev–Trinajstić information content (AvgIpc) is 3.26. The van der Waals surface area contributed by atoms with Crippen LogP contribution in [0.15, 0.2) is 24.5 Å². The van der Waals surface area contributed by atoms with Crippen molar-refractivity contribution in [2.24, 2.45) is 0 Å². The maximum absolute atomic E-state index is 11.2. The van der Waals surface area contributed by atoms with Crippen molar-refractivity contribution in [1.82, 2.24) is 25.1 Å². The summed E-state index contributed by atoms with van der Waals surface area (Å²) in [5.74, 6) is -0.0965. The highest BCUT2D eigenvalue weighted by atomic mass is 32.1. The van der Waals surface area contributed by atoms with E-state index in [1.807, 2.05) is 25.4 Å². The zero-order valence-corrected chi connectivity index (χ0v) is 18.6. The van der Waals surface area contributed by atoms with E-state index in [0.29, 0.717) is 11.7 Å². The molecule has 4 heterocycles. The van der Waals surface area contributed by atoms with Crippen LogP contribution >= 0.6 is 11.3 Å². The maximum Gasteiger partial charge on any atom is 0.223 e. The van der Waals surface area contributed by atoms with Crippen LogP contribution in [0.2, 0.25) is 0 Å². The zero-order chi connectivity index (χ0) is 21.3. The number of carbonyl (C=O) groups is 1. The first-order valence-corrected chi connectivity index (χ1v) is 11.2. The quantitative estimate of drug-likeness (QED) is 0.669. The van der Waals surface area contributed by atoms with Crippen LogP contribution in [0.3, 0.4) is 0 Å². The van der Waals surface area contributed by atoms with Gasteiger partial charge in [0.05, 0.1) is 0 Å². The van der Waals surface area contributed by atoms with E-state index in [0.717, 1.165) is 43.0 Å². The molecular weight excluding hydrogens is 400 g/mol. The Hall–Kier alpha value is -1.91. The van der Waals surface area contributed by atoms with E-state index in [2.05, 4.69) is 43.4 Å². The van der Waals surface area contributed by atoms with Crippen molar-refractivity contribution in [3.8, 4) is 0 Å². The van der Waals surface area contributed by atoms with Gasteiger partial charge in [-0.15, -0.1) is 11.3 Å². The van der Waals surface area contributed by atoms with E-state index in [4.69, 9.17) is 0 Å². The Morgan fingerprint density at radius 2 is 2.20 bits per heavy atom. The fraction of sp³-hybridized carbons (Fsp3) is 0.571. The van der Waals surface area contributed by atoms with Crippen LogP contribution in [-0.2, 0) is 11.3 Å². The van der Waals surface area contributed by atoms with Gasteiger partial charge in [0.2, 0.25) is 5.91 Å². The fourth-order valence-corrected chi connectivity index (χ4v) is 5.42. The summed E-state index contributed by atoms with van der Waals surface area (Å²) in [6.07, 6.45) is 5.03. The van der Waals surface area contributed by atoms with E-state index < -0.39 is 6.35 Å². The third kappa shape index (κ3) is 4.70. The lowest BCUT2D eigenvalue weighted by atomic mass is 9.87. The second-order valence-electron chi connectivity index (χ2n) is 8.47. The maximum atomic E-state index is 11.2. The van der Waals surface area contributed by atoms with Crippen LogP contribution in [-0.4, -0.2) is 62.3 Å². The van der Waals surface area contributed by atoms with Crippen molar-refractivity contribution in [3.63, 3.8) is 0 Å². The molecule has 2 atom stereocenters. The number of aliphatic hydroxyl groups excluding tert-OH is 1. The van der Waals surface area contributed by atoms with Crippen molar-refractivity contribution in [2.45, 2.75) is 58.1 Å². The number of hydrogen-bond acceptors (Lipinski definition) is 8. The zero-order valence-electron chi connectivity index (χ0n) is 17.8. The first-order chi connectivity index (χ1) is 14.3. The van der Waals surface area contributed by atoms with Gasteiger partial charge >= 0.3 is 0 Å². The molecule has 4 rings (SSSR count). The number of likely N-dealkylation sites (tertiary alicyclic amines) is 1. The van der Waals surface area contributed by atoms with Crippen molar-refractivity contribution >= 4 is 22.4 Å². The summed E-state index contributed by atoms with van der Waals surface area (Å²) in [6, 6.07) is 4.34. The summed E-state index contributed by atoms with van der Waals surface area (Å²) in [5, 5.41) is 17.5. The highest BCUT2D eigenvalue weighted by Gasteiger charge is 2.45. The summed E-state index contributed by atoms with van der Waals surface area (Å²) in [6.45, 7) is 9.14. The van der Waals surface area contributed by atoms with Gasteiger partial charge < -0.3 is 10.4 Å². The van der Waals surface area contributed by atoms with Crippen molar-refractivity contribution in [2.75, 3.05) is 25.0 Å². The minimum atomic E-state index is -0.621. The molecule has 2 saturated heterocycles. The molecule has 0 radical (unpaired) electrons. The average molecular weight is 431 g/mol. The molecule has 1 amide bonds. The van der Waals surface area contributed by atoms with Crippen LogP contribution in [0, 0.1) is 6.92 Å². The second kappa shape index (κ2) is 8.68. The number of aryl methyl sites for hydroxylation is 1. The van der Waals surface area contributed by atoms with Crippen LogP contribution in [0.4, 0.5) is 5.13 Å². The summed E-state index contributed by atoms with van der Waals surface area (Å²) >= 11 is 1.54. The molecule has 3 N–H and O–H groups in total. The van der Waals surface area contributed by atoms with Gasteiger partial charge in [0.25, 0.3) is 0 Å². The molecule has 2 aliphatic heterocycles. The van der Waals surface area contributed by atoms with E-state index >= 15 is 0 Å². The molecule has 2 fully saturated rings. The lowest BCUT2D eigenvalue weighted by molar-refractivity contribution is -0.114. The van der Waals surface area contributed by atoms with Crippen LogP contribution in [0.1, 0.15) is 48.9 Å². The summed E-state index contributed by atoms with van der Waals surface area (Å²) < 4.78 is 0. The molecule has 2 aliphatic rings. The van der Waals surface area contributed by atoms with Crippen LogP contribution < -0.4 is 10.6 Å². The van der Waals surface area contributed by atoms with Crippen molar-refractivity contribution < 1.29 is 9.90 Å². The lowest BCUT2D eigenvalue weighted by Crippen LogP contribution is -2.53. The summed E-state index contributed by atoms with van der Waals surface area (Å²) in [5.41, 5.74) is 2.12. The molecule has 0 bridgehead atoms. The standard InChI is InChI=1S/C21H30N6O2S/c1-14-10-17(4-7-22-14)12-27-13-21(25-20(27)29)5-8-26(9-6-21)15(2)18-11-23-19(30-18)24-16(3)28/h4,7,10-11,15,20,25,29H,5-6,8-9,12-13H2,1-3H3,(H,23,24,28)/t15-,20?/m1/s1. The van der Waals surface area contributed by atoms with E-state index in [1.165, 1.54) is 23.8 Å². The van der Waals surface area contributed by atoms with Gasteiger partial charge in [-0.1, -0.05) is 0 Å². The van der Waals surface area contributed by atoms with Crippen molar-refractivity contribution in [3.05, 3.63) is 40.7 Å². The van der Waals surface area contributed by atoms with Crippen molar-refractivity contribution in [1.29, 1.82) is 0 Å². The number of rotatable bonds is 5. The number of amides is 1. The molecule has 0 aromatic carbocycles. The van der Waals surface area contributed by atoms with Gasteiger partial charge in [0, 0.05) is 67.6 Å². The van der Waals surface area contributed by atoms with Gasteiger partial charge in [0.1, 0.15) is 0 Å². The van der Waals surface area contributed by atoms with Gasteiger partial charge in [-0.3, -0.25) is 24.9 Å². The molecule has 9 heteroatoms. The number of anilines is 1. The Balaban J connectivity index is 1.34. The lowest BCUT2D eigenvalue weighted by Gasteiger charge is -2.41. The number of hydrogen-bond donors (Lipinski definition) is 3. The minimum Gasteiger partial charge on any atom is -0.365 e. The number of nitrogens with one attached hydrogen (secondary N) is 2. The van der Waals surface area contributed by atoms with Crippen LogP contribution in [0.25, 0.3) is 0 Å². The predicted octanol–water partition coefficient (Wildman–Crippen LogP) is 2.08. The van der Waals surface area contributed by atoms with E-state index in [9.17, 15) is 9.90 Å². The minimum absolute atomic E-state index is 0.0489. The smallest absolute Gasteiger partial charge is 0.223 e. The normalized spacial score (nSPS) is 23.0. The third-order valence-electron chi connectivity index (χ3n) is 6.15.